The monoisotopic (exact) mass is 274 g/mol. The summed E-state index contributed by atoms with van der Waals surface area (Å²) in [5, 5.41) is 0. The summed E-state index contributed by atoms with van der Waals surface area (Å²) in [6.45, 7) is 8.64. The Morgan fingerprint density at radius 2 is 2.10 bits per heavy atom. The van der Waals surface area contributed by atoms with Gasteiger partial charge in [0.05, 0.1) is 11.4 Å². The molecule has 0 saturated heterocycles. The van der Waals surface area contributed by atoms with Crippen LogP contribution < -0.4 is 5.73 Å². The smallest absolute Gasteiger partial charge is 0.137 e. The number of imidazole rings is 1. The van der Waals surface area contributed by atoms with Crippen LogP contribution in [0.1, 0.15) is 50.9 Å². The van der Waals surface area contributed by atoms with Gasteiger partial charge in [0.25, 0.3) is 0 Å². The van der Waals surface area contributed by atoms with Crippen molar-refractivity contribution < 1.29 is 0 Å². The Balaban J connectivity index is 2.37. The molecule has 0 unspecified atom stereocenters. The van der Waals surface area contributed by atoms with Gasteiger partial charge < -0.3 is 15.0 Å². The highest BCUT2D eigenvalue weighted by molar-refractivity contribution is 5.50. The number of hydrogen-bond acceptors (Lipinski definition) is 3. The van der Waals surface area contributed by atoms with Crippen LogP contribution in [0.15, 0.2) is 18.3 Å². The summed E-state index contributed by atoms with van der Waals surface area (Å²) < 4.78 is 2.15. The predicted molar refractivity (Wildman–Crippen MR) is 84.9 cm³/mol. The molecular formula is C16H26N4. The van der Waals surface area contributed by atoms with Crippen LogP contribution in [-0.2, 0) is 6.54 Å². The first-order valence-corrected chi connectivity index (χ1v) is 7.47. The summed E-state index contributed by atoms with van der Waals surface area (Å²) in [5.41, 5.74) is 10.1. The Hall–Kier alpha value is -1.55. The lowest BCUT2D eigenvalue weighted by Crippen LogP contribution is -2.21. The number of unbranched alkanes of at least 4 members (excludes halogenated alkanes) is 1. The molecule has 2 rings (SSSR count). The van der Waals surface area contributed by atoms with Crippen LogP contribution in [0.5, 0.6) is 0 Å². The second kappa shape index (κ2) is 6.27. The lowest BCUT2D eigenvalue weighted by molar-refractivity contribution is 0.314. The second-order valence-corrected chi connectivity index (χ2v) is 5.88. The number of rotatable bonds is 6. The molecule has 4 nitrogen and oxygen atoms in total. The van der Waals surface area contributed by atoms with Gasteiger partial charge in [-0.1, -0.05) is 27.2 Å². The molecule has 110 valence electrons. The highest BCUT2D eigenvalue weighted by Crippen LogP contribution is 2.23. The summed E-state index contributed by atoms with van der Waals surface area (Å²) in [5.74, 6) is 0.422. The third-order valence-corrected chi connectivity index (χ3v) is 3.63. The molecule has 2 heterocycles. The summed E-state index contributed by atoms with van der Waals surface area (Å²) in [7, 11) is 2.17. The summed E-state index contributed by atoms with van der Waals surface area (Å²) >= 11 is 0. The Bertz CT molecular complexity index is 571. The van der Waals surface area contributed by atoms with Crippen molar-refractivity contribution in [2.75, 3.05) is 19.3 Å². The quantitative estimate of drug-likeness (QED) is 0.879. The third-order valence-electron chi connectivity index (χ3n) is 3.63. The van der Waals surface area contributed by atoms with Gasteiger partial charge in [0, 0.05) is 18.4 Å². The number of nitrogens with two attached hydrogens (primary N) is 1. The maximum Gasteiger partial charge on any atom is 0.137 e. The van der Waals surface area contributed by atoms with E-state index in [9.17, 15) is 0 Å². The molecule has 0 atom stereocenters. The summed E-state index contributed by atoms with van der Waals surface area (Å²) in [6, 6.07) is 3.91. The Morgan fingerprint density at radius 3 is 2.75 bits per heavy atom. The van der Waals surface area contributed by atoms with E-state index in [0.717, 1.165) is 24.4 Å². The van der Waals surface area contributed by atoms with Crippen LogP contribution in [0.2, 0.25) is 0 Å². The Kier molecular flexibility index (Phi) is 4.65. The number of aromatic nitrogens is 2. The average Bonchev–Trinajstić information content (AvgIpc) is 2.75. The van der Waals surface area contributed by atoms with Gasteiger partial charge >= 0.3 is 0 Å². The standard InChI is InChI=1S/C16H26N4/c1-5-6-9-19(4)11-14-16(12(2)3)18-15-8-7-13(17)10-20(14)15/h7-8,10,12H,5-6,9,11,17H2,1-4H3. The zero-order valence-electron chi connectivity index (χ0n) is 13.1. The summed E-state index contributed by atoms with van der Waals surface area (Å²) in [4.78, 5) is 7.13. The fourth-order valence-corrected chi connectivity index (χ4v) is 2.51. The van der Waals surface area contributed by atoms with E-state index in [0.29, 0.717) is 5.92 Å². The van der Waals surface area contributed by atoms with E-state index in [2.05, 4.69) is 37.1 Å². The van der Waals surface area contributed by atoms with Crippen molar-refractivity contribution in [1.82, 2.24) is 14.3 Å². The van der Waals surface area contributed by atoms with Gasteiger partial charge in [-0.25, -0.2) is 4.98 Å². The first-order valence-electron chi connectivity index (χ1n) is 7.47. The maximum absolute atomic E-state index is 5.93. The molecule has 0 saturated carbocycles. The summed E-state index contributed by atoms with van der Waals surface area (Å²) in [6.07, 6.45) is 4.44. The first kappa shape index (κ1) is 14.9. The minimum Gasteiger partial charge on any atom is -0.398 e. The molecule has 4 heteroatoms. The average molecular weight is 274 g/mol. The van der Waals surface area contributed by atoms with Crippen LogP contribution in [0, 0.1) is 0 Å². The van der Waals surface area contributed by atoms with Gasteiger partial charge in [-0.15, -0.1) is 0 Å². The van der Waals surface area contributed by atoms with Gasteiger partial charge in [0.15, 0.2) is 0 Å². The van der Waals surface area contributed by atoms with E-state index < -0.39 is 0 Å². The Labute approximate surface area is 121 Å². The van der Waals surface area contributed by atoms with Crippen molar-refractivity contribution in [3.63, 3.8) is 0 Å². The number of hydrogen-bond donors (Lipinski definition) is 1. The first-order chi connectivity index (χ1) is 9.52. The van der Waals surface area contributed by atoms with E-state index in [-0.39, 0.29) is 0 Å². The van der Waals surface area contributed by atoms with Crippen LogP contribution >= 0.6 is 0 Å². The molecule has 0 radical (unpaired) electrons. The second-order valence-electron chi connectivity index (χ2n) is 5.88. The van der Waals surface area contributed by atoms with E-state index in [1.54, 1.807) is 0 Å². The highest BCUT2D eigenvalue weighted by atomic mass is 15.1. The molecular weight excluding hydrogens is 248 g/mol. The van der Waals surface area contributed by atoms with Crippen molar-refractivity contribution in [3.8, 4) is 0 Å². The topological polar surface area (TPSA) is 46.6 Å². The molecule has 0 aliphatic heterocycles. The van der Waals surface area contributed by atoms with Crippen LogP contribution in [0.25, 0.3) is 5.65 Å². The molecule has 0 aromatic carbocycles. The third kappa shape index (κ3) is 3.12. The van der Waals surface area contributed by atoms with Crippen molar-refractivity contribution in [1.29, 1.82) is 0 Å². The Morgan fingerprint density at radius 1 is 1.35 bits per heavy atom. The molecule has 0 aliphatic carbocycles. The van der Waals surface area contributed by atoms with Crippen molar-refractivity contribution in [3.05, 3.63) is 29.7 Å². The predicted octanol–water partition coefficient (Wildman–Crippen LogP) is 3.27. The van der Waals surface area contributed by atoms with Gasteiger partial charge in [-0.2, -0.15) is 0 Å². The largest absolute Gasteiger partial charge is 0.398 e. The number of fused-ring (bicyclic) bond motifs is 1. The zero-order valence-corrected chi connectivity index (χ0v) is 13.1. The number of nitrogens with zero attached hydrogens (tertiary/aromatic N) is 3. The van der Waals surface area contributed by atoms with Gasteiger partial charge in [0.1, 0.15) is 5.65 Å². The van der Waals surface area contributed by atoms with Crippen LogP contribution in [-0.4, -0.2) is 27.9 Å². The molecule has 0 spiro atoms. The highest BCUT2D eigenvalue weighted by Gasteiger charge is 2.16. The number of pyridine rings is 1. The molecule has 0 bridgehead atoms. The van der Waals surface area contributed by atoms with Crippen LogP contribution in [0.4, 0.5) is 5.69 Å². The van der Waals surface area contributed by atoms with E-state index in [1.165, 1.54) is 24.2 Å². The molecule has 0 fully saturated rings. The molecule has 2 aromatic heterocycles. The number of nitrogen functional groups attached to an aromatic ring is 1. The van der Waals surface area contributed by atoms with Crippen LogP contribution in [0.3, 0.4) is 0 Å². The molecule has 2 aromatic rings. The lowest BCUT2D eigenvalue weighted by atomic mass is 10.1. The minimum atomic E-state index is 0.422. The van der Waals surface area contributed by atoms with Crippen molar-refractivity contribution >= 4 is 11.3 Å². The van der Waals surface area contributed by atoms with E-state index in [1.807, 2.05) is 18.3 Å². The molecule has 20 heavy (non-hydrogen) atoms. The SMILES string of the molecule is CCCCN(C)Cc1c(C(C)C)nc2ccc(N)cn12. The van der Waals surface area contributed by atoms with E-state index >= 15 is 0 Å². The van der Waals surface area contributed by atoms with Gasteiger partial charge in [-0.3, -0.25) is 0 Å². The fraction of sp³-hybridized carbons (Fsp3) is 0.562. The molecule has 2 N–H and O–H groups in total. The normalized spacial score (nSPS) is 11.9. The minimum absolute atomic E-state index is 0.422. The number of anilines is 1. The molecule has 0 aliphatic rings. The van der Waals surface area contributed by atoms with E-state index in [4.69, 9.17) is 10.7 Å². The van der Waals surface area contributed by atoms with Crippen molar-refractivity contribution in [2.45, 2.75) is 46.1 Å². The zero-order chi connectivity index (χ0) is 14.7. The maximum atomic E-state index is 5.93. The van der Waals surface area contributed by atoms with Crippen molar-refractivity contribution in [2.24, 2.45) is 0 Å². The van der Waals surface area contributed by atoms with Gasteiger partial charge in [-0.05, 0) is 38.1 Å². The lowest BCUT2D eigenvalue weighted by Gasteiger charge is -2.17. The fourth-order valence-electron chi connectivity index (χ4n) is 2.51. The molecule has 0 amide bonds. The van der Waals surface area contributed by atoms with Gasteiger partial charge in [0.2, 0.25) is 0 Å².